The molecule has 0 radical (unpaired) electrons. The van der Waals surface area contributed by atoms with Crippen LogP contribution in [0.4, 0.5) is 0 Å². The van der Waals surface area contributed by atoms with Crippen LogP contribution in [0.25, 0.3) is 11.1 Å². The molecule has 1 amide bonds. The molecule has 0 bridgehead atoms. The van der Waals surface area contributed by atoms with E-state index in [2.05, 4.69) is 0 Å². The SMILES string of the molecule is CCCN(Cc1ccc(C)cc1)C(=O)Cn1c(=O)oc2ccccc21. The predicted octanol–water partition coefficient (Wildman–Crippen LogP) is 3.34. The van der Waals surface area contributed by atoms with Crippen molar-refractivity contribution in [2.75, 3.05) is 6.54 Å². The molecule has 0 aliphatic heterocycles. The van der Waals surface area contributed by atoms with E-state index in [9.17, 15) is 9.59 Å². The van der Waals surface area contributed by atoms with Crippen molar-refractivity contribution in [3.05, 3.63) is 70.2 Å². The summed E-state index contributed by atoms with van der Waals surface area (Å²) in [6.07, 6.45) is 0.860. The second-order valence-corrected chi connectivity index (χ2v) is 6.22. The lowest BCUT2D eigenvalue weighted by Gasteiger charge is -2.22. The van der Waals surface area contributed by atoms with E-state index in [1.165, 1.54) is 10.1 Å². The lowest BCUT2D eigenvalue weighted by Crippen LogP contribution is -2.35. The monoisotopic (exact) mass is 338 g/mol. The fraction of sp³-hybridized carbons (Fsp3) is 0.300. The topological polar surface area (TPSA) is 55.5 Å². The van der Waals surface area contributed by atoms with E-state index in [4.69, 9.17) is 4.42 Å². The molecular formula is C20H22N2O3. The van der Waals surface area contributed by atoms with Crippen LogP contribution in [0, 0.1) is 6.92 Å². The minimum Gasteiger partial charge on any atom is -0.408 e. The Hall–Kier alpha value is -2.82. The summed E-state index contributed by atoms with van der Waals surface area (Å²) >= 11 is 0. The van der Waals surface area contributed by atoms with Gasteiger partial charge in [0.25, 0.3) is 0 Å². The van der Waals surface area contributed by atoms with Gasteiger partial charge in [-0.1, -0.05) is 48.9 Å². The molecule has 3 aromatic rings. The van der Waals surface area contributed by atoms with Crippen molar-refractivity contribution in [2.24, 2.45) is 0 Å². The van der Waals surface area contributed by atoms with Crippen molar-refractivity contribution < 1.29 is 9.21 Å². The van der Waals surface area contributed by atoms with Gasteiger partial charge >= 0.3 is 5.76 Å². The van der Waals surface area contributed by atoms with E-state index in [1.54, 1.807) is 23.1 Å². The van der Waals surface area contributed by atoms with Crippen molar-refractivity contribution in [1.82, 2.24) is 9.47 Å². The molecule has 0 spiro atoms. The summed E-state index contributed by atoms with van der Waals surface area (Å²) < 4.78 is 6.61. The maximum atomic E-state index is 12.8. The molecule has 0 aliphatic carbocycles. The minimum atomic E-state index is -0.499. The van der Waals surface area contributed by atoms with Gasteiger partial charge in [0.2, 0.25) is 5.91 Å². The van der Waals surface area contributed by atoms with Gasteiger partial charge in [-0.3, -0.25) is 9.36 Å². The summed E-state index contributed by atoms with van der Waals surface area (Å²) in [4.78, 5) is 26.7. The number of carbonyl (C=O) groups is 1. The van der Waals surface area contributed by atoms with Crippen LogP contribution in [-0.2, 0) is 17.9 Å². The second-order valence-electron chi connectivity index (χ2n) is 6.22. The third-order valence-electron chi connectivity index (χ3n) is 4.21. The lowest BCUT2D eigenvalue weighted by atomic mass is 10.1. The van der Waals surface area contributed by atoms with Crippen LogP contribution in [0.15, 0.2) is 57.7 Å². The minimum absolute atomic E-state index is 0.0122. The number of aryl methyl sites for hydroxylation is 1. The van der Waals surface area contributed by atoms with Gasteiger partial charge in [0.1, 0.15) is 6.54 Å². The highest BCUT2D eigenvalue weighted by atomic mass is 16.4. The zero-order valence-electron chi connectivity index (χ0n) is 14.6. The molecule has 0 aliphatic rings. The third-order valence-corrected chi connectivity index (χ3v) is 4.21. The first kappa shape index (κ1) is 17.0. The normalized spacial score (nSPS) is 11.0. The van der Waals surface area contributed by atoms with Crippen LogP contribution in [0.3, 0.4) is 0 Å². The van der Waals surface area contributed by atoms with E-state index < -0.39 is 5.76 Å². The highest BCUT2D eigenvalue weighted by Crippen LogP contribution is 2.13. The van der Waals surface area contributed by atoms with E-state index in [1.807, 2.05) is 44.2 Å². The quantitative estimate of drug-likeness (QED) is 0.693. The Kier molecular flexibility index (Phi) is 5.03. The molecular weight excluding hydrogens is 316 g/mol. The molecule has 0 atom stereocenters. The molecule has 0 unspecified atom stereocenters. The number of fused-ring (bicyclic) bond motifs is 1. The van der Waals surface area contributed by atoms with Gasteiger partial charge < -0.3 is 9.32 Å². The summed E-state index contributed by atoms with van der Waals surface area (Å²) in [7, 11) is 0. The van der Waals surface area contributed by atoms with E-state index >= 15 is 0 Å². The molecule has 0 fully saturated rings. The first-order valence-electron chi connectivity index (χ1n) is 8.50. The molecule has 1 heterocycles. The van der Waals surface area contributed by atoms with Crippen molar-refractivity contribution in [1.29, 1.82) is 0 Å². The van der Waals surface area contributed by atoms with Crippen LogP contribution >= 0.6 is 0 Å². The van der Waals surface area contributed by atoms with Crippen molar-refractivity contribution in [3.8, 4) is 0 Å². The summed E-state index contributed by atoms with van der Waals surface area (Å²) in [5.41, 5.74) is 3.42. The second kappa shape index (κ2) is 7.38. The molecule has 1 aromatic heterocycles. The van der Waals surface area contributed by atoms with Gasteiger partial charge in [0.15, 0.2) is 5.58 Å². The molecule has 5 heteroatoms. The number of aromatic nitrogens is 1. The number of hydrogen-bond acceptors (Lipinski definition) is 3. The maximum Gasteiger partial charge on any atom is 0.420 e. The maximum absolute atomic E-state index is 12.8. The number of amides is 1. The molecule has 130 valence electrons. The molecule has 2 aromatic carbocycles. The van der Waals surface area contributed by atoms with Gasteiger partial charge in [-0.2, -0.15) is 0 Å². The van der Waals surface area contributed by atoms with E-state index in [-0.39, 0.29) is 12.5 Å². The zero-order chi connectivity index (χ0) is 17.8. The largest absolute Gasteiger partial charge is 0.420 e. The van der Waals surface area contributed by atoms with Crippen LogP contribution < -0.4 is 5.76 Å². The number of carbonyl (C=O) groups excluding carboxylic acids is 1. The Labute approximate surface area is 146 Å². The fourth-order valence-corrected chi connectivity index (χ4v) is 2.87. The standard InChI is InChI=1S/C20H22N2O3/c1-3-12-21(13-16-10-8-15(2)9-11-16)19(23)14-22-17-6-4-5-7-18(17)25-20(22)24/h4-11H,3,12-14H2,1-2H3. The lowest BCUT2D eigenvalue weighted by molar-refractivity contribution is -0.132. The smallest absolute Gasteiger partial charge is 0.408 e. The fourth-order valence-electron chi connectivity index (χ4n) is 2.87. The summed E-state index contributed by atoms with van der Waals surface area (Å²) in [5.74, 6) is -0.586. The molecule has 5 nitrogen and oxygen atoms in total. The van der Waals surface area contributed by atoms with E-state index in [0.29, 0.717) is 24.2 Å². The first-order chi connectivity index (χ1) is 12.1. The van der Waals surface area contributed by atoms with Crippen LogP contribution in [-0.4, -0.2) is 21.9 Å². The van der Waals surface area contributed by atoms with Crippen LogP contribution in [0.5, 0.6) is 0 Å². The molecule has 0 N–H and O–H groups in total. The number of para-hydroxylation sites is 2. The highest BCUT2D eigenvalue weighted by molar-refractivity contribution is 5.79. The number of hydrogen-bond donors (Lipinski definition) is 0. The average Bonchev–Trinajstić information content (AvgIpc) is 2.92. The van der Waals surface area contributed by atoms with Crippen LogP contribution in [0.2, 0.25) is 0 Å². The Morgan fingerprint density at radius 2 is 1.84 bits per heavy atom. The van der Waals surface area contributed by atoms with Gasteiger partial charge in [-0.05, 0) is 31.0 Å². The molecule has 0 saturated heterocycles. The van der Waals surface area contributed by atoms with Crippen LogP contribution in [0.1, 0.15) is 24.5 Å². The molecule has 3 rings (SSSR count). The Balaban J connectivity index is 1.81. The number of benzene rings is 2. The van der Waals surface area contributed by atoms with Gasteiger partial charge in [0, 0.05) is 13.1 Å². The number of nitrogens with zero attached hydrogens (tertiary/aromatic N) is 2. The first-order valence-corrected chi connectivity index (χ1v) is 8.50. The Bertz CT molecular complexity index is 922. The Morgan fingerprint density at radius 3 is 2.56 bits per heavy atom. The number of rotatable bonds is 6. The predicted molar refractivity (Wildman–Crippen MR) is 97.4 cm³/mol. The molecule has 0 saturated carbocycles. The van der Waals surface area contributed by atoms with E-state index in [0.717, 1.165) is 12.0 Å². The summed E-state index contributed by atoms with van der Waals surface area (Å²) in [6.45, 7) is 5.25. The van der Waals surface area contributed by atoms with Gasteiger partial charge in [-0.25, -0.2) is 4.79 Å². The third kappa shape index (κ3) is 3.82. The van der Waals surface area contributed by atoms with Crippen molar-refractivity contribution in [2.45, 2.75) is 33.4 Å². The van der Waals surface area contributed by atoms with Crippen molar-refractivity contribution in [3.63, 3.8) is 0 Å². The number of oxazole rings is 1. The Morgan fingerprint density at radius 1 is 1.12 bits per heavy atom. The average molecular weight is 338 g/mol. The highest BCUT2D eigenvalue weighted by Gasteiger charge is 2.17. The zero-order valence-corrected chi connectivity index (χ0v) is 14.6. The van der Waals surface area contributed by atoms with Gasteiger partial charge in [0.05, 0.1) is 5.52 Å². The van der Waals surface area contributed by atoms with Crippen molar-refractivity contribution >= 4 is 17.0 Å². The summed E-state index contributed by atoms with van der Waals surface area (Å²) in [5, 5.41) is 0. The summed E-state index contributed by atoms with van der Waals surface area (Å²) in [6, 6.07) is 15.3. The van der Waals surface area contributed by atoms with Gasteiger partial charge in [-0.15, -0.1) is 0 Å². The molecule has 25 heavy (non-hydrogen) atoms.